The van der Waals surface area contributed by atoms with Gasteiger partial charge in [-0.3, -0.25) is 0 Å². The molecule has 0 spiro atoms. The van der Waals surface area contributed by atoms with Gasteiger partial charge >= 0.3 is 8.56 Å². The summed E-state index contributed by atoms with van der Waals surface area (Å²) < 4.78 is 12.8. The van der Waals surface area contributed by atoms with Crippen LogP contribution < -0.4 is 0 Å². The van der Waals surface area contributed by atoms with Gasteiger partial charge in [0.1, 0.15) is 0 Å². The van der Waals surface area contributed by atoms with Crippen LogP contribution >= 0.6 is 0 Å². The van der Waals surface area contributed by atoms with Crippen molar-refractivity contribution in [1.82, 2.24) is 9.80 Å². The Morgan fingerprint density at radius 1 is 0.792 bits per heavy atom. The Morgan fingerprint density at radius 3 is 1.67 bits per heavy atom. The summed E-state index contributed by atoms with van der Waals surface area (Å²) in [4.78, 5) is 4.61. The van der Waals surface area contributed by atoms with Gasteiger partial charge < -0.3 is 18.7 Å². The molecule has 0 aromatic rings. The summed E-state index contributed by atoms with van der Waals surface area (Å²) >= 11 is 0. The molecular weight excluding hydrogens is 316 g/mol. The molecule has 0 saturated heterocycles. The first kappa shape index (κ1) is 24.1. The molecule has 5 heteroatoms. The van der Waals surface area contributed by atoms with Crippen molar-refractivity contribution in [3.05, 3.63) is 0 Å². The summed E-state index contributed by atoms with van der Waals surface area (Å²) in [5.74, 6) is 0. The smallest absolute Gasteiger partial charge is 0.338 e. The highest BCUT2D eigenvalue weighted by molar-refractivity contribution is 6.67. The van der Waals surface area contributed by atoms with Crippen LogP contribution in [0.5, 0.6) is 0 Å². The summed E-state index contributed by atoms with van der Waals surface area (Å²) in [6.07, 6.45) is 5.12. The Hall–Kier alpha value is 0.0569. The van der Waals surface area contributed by atoms with Crippen molar-refractivity contribution in [3.8, 4) is 0 Å². The fraction of sp³-hybridized carbons (Fsp3) is 1.00. The maximum Gasteiger partial charge on any atom is 0.338 e. The van der Waals surface area contributed by atoms with Crippen molar-refractivity contribution in [2.45, 2.75) is 65.5 Å². The number of hydrogen-bond acceptors (Lipinski definition) is 4. The summed E-state index contributed by atoms with van der Waals surface area (Å²) in [5, 5.41) is 0. The minimum atomic E-state index is -2.17. The van der Waals surface area contributed by atoms with Gasteiger partial charge in [0.25, 0.3) is 0 Å². The fourth-order valence-electron chi connectivity index (χ4n) is 4.06. The molecule has 0 amide bonds. The molecule has 0 saturated carbocycles. The van der Waals surface area contributed by atoms with Crippen LogP contribution in [0.4, 0.5) is 0 Å². The average Bonchev–Trinajstić information content (AvgIpc) is 2.42. The topological polar surface area (TPSA) is 24.9 Å². The summed E-state index contributed by atoms with van der Waals surface area (Å²) in [5.41, 5.74) is 0.189. The van der Waals surface area contributed by atoms with Gasteiger partial charge in [0.05, 0.1) is 0 Å². The molecule has 0 heterocycles. The Balaban J connectivity index is 5.23. The lowest BCUT2D eigenvalue weighted by Gasteiger charge is -2.41. The van der Waals surface area contributed by atoms with E-state index in [2.05, 4.69) is 65.7 Å². The lowest BCUT2D eigenvalue weighted by atomic mass is 9.92. The molecule has 0 atom stereocenters. The monoisotopic (exact) mass is 360 g/mol. The van der Waals surface area contributed by atoms with Gasteiger partial charge in [0.2, 0.25) is 0 Å². The van der Waals surface area contributed by atoms with Gasteiger partial charge in [0.15, 0.2) is 0 Å². The minimum Gasteiger partial charge on any atom is -0.394 e. The maximum absolute atomic E-state index is 6.39. The number of hydrogen-bond donors (Lipinski definition) is 0. The van der Waals surface area contributed by atoms with E-state index in [0.717, 1.165) is 38.4 Å². The Labute approximate surface area is 153 Å². The third-order valence-electron chi connectivity index (χ3n) is 4.32. The van der Waals surface area contributed by atoms with Crippen LogP contribution in [0.1, 0.15) is 53.4 Å². The summed E-state index contributed by atoms with van der Waals surface area (Å²) in [6.45, 7) is 12.5. The average molecular weight is 361 g/mol. The van der Waals surface area contributed by atoms with Crippen molar-refractivity contribution in [1.29, 1.82) is 0 Å². The zero-order chi connectivity index (χ0) is 18.6. The van der Waals surface area contributed by atoms with Crippen LogP contribution in [0.2, 0.25) is 12.1 Å². The van der Waals surface area contributed by atoms with Crippen LogP contribution in [0.15, 0.2) is 0 Å². The van der Waals surface area contributed by atoms with E-state index in [9.17, 15) is 0 Å². The van der Waals surface area contributed by atoms with E-state index in [4.69, 9.17) is 8.85 Å². The van der Waals surface area contributed by atoms with Crippen molar-refractivity contribution < 1.29 is 8.85 Å². The lowest BCUT2D eigenvalue weighted by Crippen LogP contribution is -2.51. The Kier molecular flexibility index (Phi) is 12.4. The highest BCUT2D eigenvalue weighted by Gasteiger charge is 2.44. The molecule has 0 N–H and O–H groups in total. The van der Waals surface area contributed by atoms with Gasteiger partial charge in [0, 0.05) is 26.3 Å². The maximum atomic E-state index is 6.39. The van der Waals surface area contributed by atoms with Crippen molar-refractivity contribution >= 4 is 8.56 Å². The van der Waals surface area contributed by atoms with Gasteiger partial charge in [-0.15, -0.1) is 0 Å². The predicted molar refractivity (Wildman–Crippen MR) is 108 cm³/mol. The third kappa shape index (κ3) is 10.1. The second kappa shape index (κ2) is 12.4. The van der Waals surface area contributed by atoms with Gasteiger partial charge in [-0.2, -0.15) is 0 Å². The molecule has 0 aliphatic rings. The number of nitrogens with zero attached hydrogens (tertiary/aromatic N) is 2. The Bertz CT molecular complexity index is 296. The molecule has 0 rings (SSSR count). The largest absolute Gasteiger partial charge is 0.394 e. The molecule has 0 aromatic carbocycles. The second-order valence-electron chi connectivity index (χ2n) is 8.05. The van der Waals surface area contributed by atoms with Crippen molar-refractivity contribution in [3.63, 3.8) is 0 Å². The first-order chi connectivity index (χ1) is 11.2. The van der Waals surface area contributed by atoms with E-state index in [1.807, 2.05) is 0 Å². The summed E-state index contributed by atoms with van der Waals surface area (Å²) in [7, 11) is 6.50. The molecule has 0 bridgehead atoms. The van der Waals surface area contributed by atoms with Crippen LogP contribution in [-0.4, -0.2) is 72.9 Å². The standard InChI is InChI=1S/C19H44N2O2Si/c1-9-12-13-14-15-24(22-10-2,23-11-3)18-19(4,16-20(5)6)17-21(7)8/h9-18H2,1-8H3. The van der Waals surface area contributed by atoms with Gasteiger partial charge in [-0.05, 0) is 59.5 Å². The van der Waals surface area contributed by atoms with Crippen LogP contribution in [0.25, 0.3) is 0 Å². The summed E-state index contributed by atoms with van der Waals surface area (Å²) in [6, 6.07) is 2.20. The zero-order valence-electron chi connectivity index (χ0n) is 17.8. The lowest BCUT2D eigenvalue weighted by molar-refractivity contribution is 0.133. The van der Waals surface area contributed by atoms with Crippen molar-refractivity contribution in [2.24, 2.45) is 5.41 Å². The predicted octanol–water partition coefficient (Wildman–Crippen LogP) is 4.21. The molecule has 0 fully saturated rings. The van der Waals surface area contributed by atoms with Crippen molar-refractivity contribution in [2.75, 3.05) is 54.5 Å². The molecule has 0 aliphatic carbocycles. The zero-order valence-corrected chi connectivity index (χ0v) is 18.8. The molecule has 0 aliphatic heterocycles. The van der Waals surface area contributed by atoms with Crippen LogP contribution in [-0.2, 0) is 8.85 Å². The molecule has 4 nitrogen and oxygen atoms in total. The number of rotatable bonds is 15. The quantitative estimate of drug-likeness (QED) is 0.323. The molecule has 146 valence electrons. The second-order valence-corrected chi connectivity index (χ2v) is 11.3. The Morgan fingerprint density at radius 2 is 1.29 bits per heavy atom. The van der Waals surface area contributed by atoms with E-state index >= 15 is 0 Å². The first-order valence-electron chi connectivity index (χ1n) is 9.80. The van der Waals surface area contributed by atoms with E-state index < -0.39 is 8.56 Å². The van der Waals surface area contributed by atoms with Gasteiger partial charge in [-0.1, -0.05) is 39.5 Å². The molecule has 0 unspecified atom stereocenters. The minimum absolute atomic E-state index is 0.189. The highest BCUT2D eigenvalue weighted by atomic mass is 28.4. The first-order valence-corrected chi connectivity index (χ1v) is 12.0. The van der Waals surface area contributed by atoms with Crippen LogP contribution in [0, 0.1) is 5.41 Å². The molecule has 0 radical (unpaired) electrons. The van der Waals surface area contributed by atoms with E-state index in [1.165, 1.54) is 25.7 Å². The van der Waals surface area contributed by atoms with Gasteiger partial charge in [-0.25, -0.2) is 0 Å². The molecular formula is C19H44N2O2Si. The third-order valence-corrected chi connectivity index (χ3v) is 8.46. The molecule has 0 aromatic heterocycles. The molecule has 24 heavy (non-hydrogen) atoms. The highest BCUT2D eigenvalue weighted by Crippen LogP contribution is 2.35. The number of unbranched alkanes of at least 4 members (excludes halogenated alkanes) is 3. The fourth-order valence-corrected chi connectivity index (χ4v) is 8.18. The van der Waals surface area contributed by atoms with E-state index in [0.29, 0.717) is 0 Å². The normalized spacial score (nSPS) is 13.2. The van der Waals surface area contributed by atoms with Crippen LogP contribution in [0.3, 0.4) is 0 Å². The SMILES string of the molecule is CCCCCC[Si](CC(C)(CN(C)C)CN(C)C)(OCC)OCC. The van der Waals surface area contributed by atoms with E-state index in [-0.39, 0.29) is 5.41 Å². The van der Waals surface area contributed by atoms with E-state index in [1.54, 1.807) is 0 Å².